The van der Waals surface area contributed by atoms with Crippen molar-refractivity contribution in [3.05, 3.63) is 29.3 Å². The molecule has 1 aromatic rings. The number of ether oxygens (including phenoxy) is 1. The molecule has 0 saturated carbocycles. The van der Waals surface area contributed by atoms with E-state index in [2.05, 4.69) is 11.0 Å². The van der Waals surface area contributed by atoms with Crippen molar-refractivity contribution in [3.8, 4) is 6.07 Å². The predicted octanol–water partition coefficient (Wildman–Crippen LogP) is 2.77. The van der Waals surface area contributed by atoms with E-state index in [0.717, 1.165) is 38.2 Å². The maximum atomic E-state index is 11.7. The minimum Gasteiger partial charge on any atom is -0.378 e. The maximum Gasteiger partial charge on any atom is 0.161 e. The maximum absolute atomic E-state index is 11.7. The van der Waals surface area contributed by atoms with Gasteiger partial charge in [-0.2, -0.15) is 5.26 Å². The normalized spacial score (nSPS) is 15.9. The summed E-state index contributed by atoms with van der Waals surface area (Å²) >= 11 is 0. The number of benzene rings is 1. The number of hydrogen-bond acceptors (Lipinski definition) is 4. The number of anilines is 1. The van der Waals surface area contributed by atoms with Gasteiger partial charge in [-0.3, -0.25) is 4.79 Å². The van der Waals surface area contributed by atoms with Gasteiger partial charge in [0.2, 0.25) is 0 Å². The molecule has 0 N–H and O–H groups in total. The highest BCUT2D eigenvalue weighted by atomic mass is 16.5. The summed E-state index contributed by atoms with van der Waals surface area (Å²) in [5.41, 5.74) is 2.17. The monoisotopic (exact) mass is 272 g/mol. The van der Waals surface area contributed by atoms with Crippen molar-refractivity contribution >= 4 is 11.5 Å². The first-order valence-electron chi connectivity index (χ1n) is 7.07. The summed E-state index contributed by atoms with van der Waals surface area (Å²) < 4.78 is 5.64. The number of Topliss-reactive ketones (excluding diaryl/α,β-unsaturated/α-hetero) is 1. The van der Waals surface area contributed by atoms with Gasteiger partial charge in [-0.15, -0.1) is 0 Å². The molecule has 1 heterocycles. The number of nitrogens with zero attached hydrogens (tertiary/aromatic N) is 2. The van der Waals surface area contributed by atoms with Crippen LogP contribution in [0.2, 0.25) is 0 Å². The van der Waals surface area contributed by atoms with Crippen molar-refractivity contribution in [3.63, 3.8) is 0 Å². The number of carbonyl (C=O) groups is 1. The van der Waals surface area contributed by atoms with Crippen molar-refractivity contribution in [2.45, 2.75) is 32.8 Å². The first-order chi connectivity index (χ1) is 9.65. The van der Waals surface area contributed by atoms with Crippen LogP contribution in [0.25, 0.3) is 0 Å². The molecule has 0 spiro atoms. The summed E-state index contributed by atoms with van der Waals surface area (Å²) in [7, 11) is 0. The molecule has 1 saturated heterocycles. The van der Waals surface area contributed by atoms with Crippen LogP contribution in [0.3, 0.4) is 0 Å². The van der Waals surface area contributed by atoms with Crippen LogP contribution in [0.1, 0.15) is 42.6 Å². The highest BCUT2D eigenvalue weighted by molar-refractivity contribution is 6.00. The Morgan fingerprint density at radius 2 is 2.15 bits per heavy atom. The van der Waals surface area contributed by atoms with Gasteiger partial charge in [-0.1, -0.05) is 0 Å². The second kappa shape index (κ2) is 6.53. The summed E-state index contributed by atoms with van der Waals surface area (Å²) in [5, 5.41) is 9.03. The molecule has 0 bridgehead atoms. The topological polar surface area (TPSA) is 53.3 Å². The van der Waals surface area contributed by atoms with E-state index in [1.807, 2.05) is 13.0 Å². The van der Waals surface area contributed by atoms with Gasteiger partial charge in [0.25, 0.3) is 0 Å². The van der Waals surface area contributed by atoms with E-state index in [1.165, 1.54) is 0 Å². The molecule has 2 rings (SSSR count). The summed E-state index contributed by atoms with van der Waals surface area (Å²) in [6.07, 6.45) is 2.24. The Hall–Kier alpha value is -1.86. The average molecular weight is 272 g/mol. The van der Waals surface area contributed by atoms with Crippen molar-refractivity contribution in [2.24, 2.45) is 0 Å². The molecule has 1 fully saturated rings. The van der Waals surface area contributed by atoms with E-state index in [9.17, 15) is 4.79 Å². The zero-order valence-electron chi connectivity index (χ0n) is 12.1. The van der Waals surface area contributed by atoms with Crippen molar-refractivity contribution in [1.82, 2.24) is 0 Å². The van der Waals surface area contributed by atoms with Crippen LogP contribution in [0.5, 0.6) is 0 Å². The quantitative estimate of drug-likeness (QED) is 0.791. The summed E-state index contributed by atoms with van der Waals surface area (Å²) in [5.74, 6) is 0.0384. The Morgan fingerprint density at radius 1 is 1.45 bits per heavy atom. The third-order valence-corrected chi connectivity index (χ3v) is 3.69. The Kier molecular flexibility index (Phi) is 4.75. The molecular weight excluding hydrogens is 252 g/mol. The molecule has 0 atom stereocenters. The van der Waals surface area contributed by atoms with E-state index in [-0.39, 0.29) is 5.78 Å². The zero-order valence-corrected chi connectivity index (χ0v) is 12.1. The molecule has 1 aromatic carbocycles. The van der Waals surface area contributed by atoms with Gasteiger partial charge < -0.3 is 9.64 Å². The van der Waals surface area contributed by atoms with Crippen LogP contribution >= 0.6 is 0 Å². The van der Waals surface area contributed by atoms with Crippen LogP contribution in [0.4, 0.5) is 5.69 Å². The van der Waals surface area contributed by atoms with Crippen LogP contribution < -0.4 is 4.90 Å². The summed E-state index contributed by atoms with van der Waals surface area (Å²) in [6.45, 7) is 6.04. The smallest absolute Gasteiger partial charge is 0.161 e. The largest absolute Gasteiger partial charge is 0.378 e. The highest BCUT2D eigenvalue weighted by Gasteiger charge is 2.22. The van der Waals surface area contributed by atoms with Crippen LogP contribution in [-0.2, 0) is 4.74 Å². The number of rotatable bonds is 4. The lowest BCUT2D eigenvalue weighted by molar-refractivity contribution is 0.0459. The van der Waals surface area contributed by atoms with E-state index < -0.39 is 0 Å². The minimum absolute atomic E-state index is 0.0384. The van der Waals surface area contributed by atoms with E-state index in [4.69, 9.17) is 10.00 Å². The molecular formula is C16H20N2O2. The van der Waals surface area contributed by atoms with Crippen molar-refractivity contribution < 1.29 is 9.53 Å². The fourth-order valence-electron chi connectivity index (χ4n) is 2.66. The second-order valence-electron chi connectivity index (χ2n) is 5.04. The number of hydrogen-bond donors (Lipinski definition) is 0. The lowest BCUT2D eigenvalue weighted by Crippen LogP contribution is -2.37. The fraction of sp³-hybridized carbons (Fsp3) is 0.500. The average Bonchev–Trinajstić information content (AvgIpc) is 2.47. The van der Waals surface area contributed by atoms with Gasteiger partial charge in [0, 0.05) is 30.9 Å². The van der Waals surface area contributed by atoms with Gasteiger partial charge in [0.15, 0.2) is 5.78 Å². The standard InChI is InChI=1S/C16H20N2O2/c1-3-20-14-6-8-18(9-7-14)16-10-13(11-17)4-5-15(16)12(2)19/h4-5,10,14H,3,6-9H2,1-2H3. The zero-order chi connectivity index (χ0) is 14.5. The molecule has 0 amide bonds. The number of ketones is 1. The minimum atomic E-state index is 0.0384. The van der Waals surface area contributed by atoms with Crippen LogP contribution in [0, 0.1) is 11.3 Å². The molecule has 106 valence electrons. The molecule has 1 aliphatic rings. The molecule has 4 nitrogen and oxygen atoms in total. The summed E-state index contributed by atoms with van der Waals surface area (Å²) in [6, 6.07) is 7.41. The first kappa shape index (κ1) is 14.5. The Labute approximate surface area is 120 Å². The third-order valence-electron chi connectivity index (χ3n) is 3.69. The highest BCUT2D eigenvalue weighted by Crippen LogP contribution is 2.26. The van der Waals surface area contributed by atoms with Gasteiger partial charge >= 0.3 is 0 Å². The van der Waals surface area contributed by atoms with E-state index in [0.29, 0.717) is 17.2 Å². The van der Waals surface area contributed by atoms with Gasteiger partial charge in [-0.05, 0) is 44.9 Å². The van der Waals surface area contributed by atoms with E-state index >= 15 is 0 Å². The first-order valence-corrected chi connectivity index (χ1v) is 7.07. The van der Waals surface area contributed by atoms with Gasteiger partial charge in [0.1, 0.15) is 0 Å². The van der Waals surface area contributed by atoms with Crippen LogP contribution in [-0.4, -0.2) is 31.6 Å². The second-order valence-corrected chi connectivity index (χ2v) is 5.04. The number of carbonyl (C=O) groups excluding carboxylic acids is 1. The lowest BCUT2D eigenvalue weighted by atomic mass is 10.0. The fourth-order valence-corrected chi connectivity index (χ4v) is 2.66. The van der Waals surface area contributed by atoms with Crippen LogP contribution in [0.15, 0.2) is 18.2 Å². The molecule has 20 heavy (non-hydrogen) atoms. The third kappa shape index (κ3) is 3.17. The summed E-state index contributed by atoms with van der Waals surface area (Å²) in [4.78, 5) is 13.9. The SMILES string of the molecule is CCOC1CCN(c2cc(C#N)ccc2C(C)=O)CC1. The van der Waals surface area contributed by atoms with Gasteiger partial charge in [-0.25, -0.2) is 0 Å². The lowest BCUT2D eigenvalue weighted by Gasteiger charge is -2.34. The van der Waals surface area contributed by atoms with Crippen molar-refractivity contribution in [1.29, 1.82) is 5.26 Å². The molecule has 0 aromatic heterocycles. The number of nitriles is 1. The molecule has 0 radical (unpaired) electrons. The van der Waals surface area contributed by atoms with Gasteiger partial charge in [0.05, 0.1) is 17.7 Å². The number of piperidine rings is 1. The Morgan fingerprint density at radius 3 is 2.70 bits per heavy atom. The molecule has 1 aliphatic heterocycles. The molecule has 0 unspecified atom stereocenters. The van der Waals surface area contributed by atoms with E-state index in [1.54, 1.807) is 19.1 Å². The Balaban J connectivity index is 2.20. The molecule has 0 aliphatic carbocycles. The Bertz CT molecular complexity index is 526. The molecule has 4 heteroatoms. The van der Waals surface area contributed by atoms with Crippen molar-refractivity contribution in [2.75, 3.05) is 24.6 Å². The predicted molar refractivity (Wildman–Crippen MR) is 78.0 cm³/mol.